The molecular formula is C26H29N3. The maximum Gasteiger partial charge on any atom is 0.0995 e. The summed E-state index contributed by atoms with van der Waals surface area (Å²) in [5.41, 5.74) is 11.0. The summed E-state index contributed by atoms with van der Waals surface area (Å²) in [5.74, 6) is 2.11. The van der Waals surface area contributed by atoms with Crippen LogP contribution in [0.2, 0.25) is 0 Å². The third kappa shape index (κ3) is 3.23. The van der Waals surface area contributed by atoms with Gasteiger partial charge in [0.05, 0.1) is 18.4 Å². The summed E-state index contributed by atoms with van der Waals surface area (Å²) in [6.45, 7) is 9.68. The first-order valence-electron chi connectivity index (χ1n) is 10.8. The van der Waals surface area contributed by atoms with Gasteiger partial charge in [0.2, 0.25) is 0 Å². The summed E-state index contributed by atoms with van der Waals surface area (Å²) < 4.78 is 0. The molecule has 2 aliphatic heterocycles. The second kappa shape index (κ2) is 6.98. The van der Waals surface area contributed by atoms with E-state index in [2.05, 4.69) is 85.6 Å². The lowest BCUT2D eigenvalue weighted by Gasteiger charge is -2.15. The van der Waals surface area contributed by atoms with Crippen LogP contribution in [0, 0.1) is 11.8 Å². The molecule has 0 amide bonds. The van der Waals surface area contributed by atoms with Crippen molar-refractivity contribution < 1.29 is 0 Å². The highest BCUT2D eigenvalue weighted by Gasteiger charge is 2.25. The third-order valence-corrected chi connectivity index (χ3v) is 6.42. The molecule has 1 N–H and O–H groups in total. The molecule has 1 aliphatic carbocycles. The van der Waals surface area contributed by atoms with Gasteiger partial charge in [0, 0.05) is 24.3 Å². The summed E-state index contributed by atoms with van der Waals surface area (Å²) in [6, 6.07) is 14.2. The molecule has 0 fully saturated rings. The molecule has 0 saturated carbocycles. The van der Waals surface area contributed by atoms with Gasteiger partial charge in [-0.25, -0.2) is 0 Å². The molecule has 2 aromatic rings. The van der Waals surface area contributed by atoms with E-state index in [4.69, 9.17) is 0 Å². The van der Waals surface area contributed by atoms with Crippen molar-refractivity contribution in [1.29, 1.82) is 0 Å². The Labute approximate surface area is 173 Å². The standard InChI is InChI=1S/C26H29N3/c1-15(2)24-12-21(13-27-24)17-5-7-22-19(9-17)11-20-10-18(6-8-23(20)22)25-14-28-26(29-25)16(3)4/h5-10,13,15-16,25H,11-12,14H2,1-4H3,(H,28,29). The summed E-state index contributed by atoms with van der Waals surface area (Å²) in [7, 11) is 0. The minimum atomic E-state index is 0.312. The van der Waals surface area contributed by atoms with Crippen molar-refractivity contribution in [3.05, 3.63) is 64.9 Å². The van der Waals surface area contributed by atoms with Crippen molar-refractivity contribution in [2.75, 3.05) is 6.54 Å². The second-order valence-electron chi connectivity index (χ2n) is 9.15. The van der Waals surface area contributed by atoms with E-state index in [1.807, 2.05) is 0 Å². The van der Waals surface area contributed by atoms with E-state index < -0.39 is 0 Å². The fourth-order valence-corrected chi connectivity index (χ4v) is 4.62. The Morgan fingerprint density at radius 3 is 2.34 bits per heavy atom. The Balaban J connectivity index is 1.36. The van der Waals surface area contributed by atoms with E-state index in [0.717, 1.165) is 25.2 Å². The predicted molar refractivity (Wildman–Crippen MR) is 123 cm³/mol. The van der Waals surface area contributed by atoms with Crippen LogP contribution in [0.4, 0.5) is 0 Å². The Kier molecular flexibility index (Phi) is 4.42. The molecule has 0 aromatic heterocycles. The molecule has 0 bridgehead atoms. The number of fused-ring (bicyclic) bond motifs is 3. The monoisotopic (exact) mass is 383 g/mol. The van der Waals surface area contributed by atoms with Crippen LogP contribution in [-0.4, -0.2) is 18.1 Å². The quantitative estimate of drug-likeness (QED) is 0.607. The number of hydrogen-bond acceptors (Lipinski definition) is 3. The van der Waals surface area contributed by atoms with Gasteiger partial charge in [-0.2, -0.15) is 0 Å². The SMILES string of the molecule is CC(C)C1=NC=C(c2ccc3c(c2)Cc2cc(C4CN=C(C(C)C)N4)ccc2-3)C1. The van der Waals surface area contributed by atoms with Gasteiger partial charge >= 0.3 is 0 Å². The van der Waals surface area contributed by atoms with Crippen LogP contribution in [0.1, 0.15) is 62.4 Å². The molecule has 0 radical (unpaired) electrons. The van der Waals surface area contributed by atoms with Gasteiger partial charge in [0.25, 0.3) is 0 Å². The smallest absolute Gasteiger partial charge is 0.0995 e. The first-order chi connectivity index (χ1) is 14.0. The van der Waals surface area contributed by atoms with E-state index >= 15 is 0 Å². The molecule has 29 heavy (non-hydrogen) atoms. The fourth-order valence-electron chi connectivity index (χ4n) is 4.62. The summed E-state index contributed by atoms with van der Waals surface area (Å²) in [5, 5.41) is 3.61. The molecule has 0 spiro atoms. The Bertz CT molecular complexity index is 1070. The maximum atomic E-state index is 4.69. The van der Waals surface area contributed by atoms with Gasteiger partial charge < -0.3 is 5.32 Å². The molecule has 148 valence electrons. The second-order valence-corrected chi connectivity index (χ2v) is 9.15. The Hall–Kier alpha value is -2.68. The largest absolute Gasteiger partial charge is 0.365 e. The number of hydrogen-bond donors (Lipinski definition) is 1. The van der Waals surface area contributed by atoms with Crippen LogP contribution in [0.3, 0.4) is 0 Å². The van der Waals surface area contributed by atoms with Crippen molar-refractivity contribution in [2.45, 2.75) is 46.6 Å². The van der Waals surface area contributed by atoms with Gasteiger partial charge in [0.1, 0.15) is 0 Å². The number of allylic oxidation sites excluding steroid dienone is 1. The highest BCUT2D eigenvalue weighted by atomic mass is 15.1. The summed E-state index contributed by atoms with van der Waals surface area (Å²) in [4.78, 5) is 9.33. The van der Waals surface area contributed by atoms with Crippen LogP contribution >= 0.6 is 0 Å². The number of nitrogens with zero attached hydrogens (tertiary/aromatic N) is 2. The minimum absolute atomic E-state index is 0.312. The Morgan fingerprint density at radius 1 is 0.897 bits per heavy atom. The average molecular weight is 384 g/mol. The maximum absolute atomic E-state index is 4.69. The van der Waals surface area contributed by atoms with Gasteiger partial charge in [-0.1, -0.05) is 64.1 Å². The number of rotatable bonds is 4. The van der Waals surface area contributed by atoms with Crippen LogP contribution in [0.25, 0.3) is 16.7 Å². The van der Waals surface area contributed by atoms with Crippen LogP contribution in [0.15, 0.2) is 52.6 Å². The molecule has 2 heterocycles. The number of nitrogens with one attached hydrogen (secondary N) is 1. The zero-order valence-electron chi connectivity index (χ0n) is 17.8. The van der Waals surface area contributed by atoms with Crippen molar-refractivity contribution >= 4 is 17.1 Å². The van der Waals surface area contributed by atoms with Gasteiger partial charge in [0.15, 0.2) is 0 Å². The van der Waals surface area contributed by atoms with E-state index in [1.54, 1.807) is 0 Å². The minimum Gasteiger partial charge on any atom is -0.365 e. The highest BCUT2D eigenvalue weighted by Crippen LogP contribution is 2.40. The zero-order valence-corrected chi connectivity index (χ0v) is 17.8. The molecule has 2 aromatic carbocycles. The highest BCUT2D eigenvalue weighted by molar-refractivity contribution is 5.99. The normalized spacial score (nSPS) is 19.8. The van der Waals surface area contributed by atoms with Crippen LogP contribution in [0.5, 0.6) is 0 Å². The average Bonchev–Trinajstić information content (AvgIpc) is 3.43. The van der Waals surface area contributed by atoms with Crippen molar-refractivity contribution in [2.24, 2.45) is 21.8 Å². The lowest BCUT2D eigenvalue weighted by Crippen LogP contribution is -2.26. The summed E-state index contributed by atoms with van der Waals surface area (Å²) in [6.07, 6.45) is 4.07. The lowest BCUT2D eigenvalue weighted by atomic mass is 9.95. The number of amidine groups is 1. The van der Waals surface area contributed by atoms with Gasteiger partial charge in [-0.05, 0) is 51.3 Å². The van der Waals surface area contributed by atoms with E-state index in [9.17, 15) is 0 Å². The van der Waals surface area contributed by atoms with E-state index in [1.165, 1.54) is 44.7 Å². The number of benzene rings is 2. The van der Waals surface area contributed by atoms with Crippen LogP contribution < -0.4 is 5.32 Å². The van der Waals surface area contributed by atoms with Crippen LogP contribution in [-0.2, 0) is 6.42 Å². The molecule has 1 atom stereocenters. The van der Waals surface area contributed by atoms with E-state index in [0.29, 0.717) is 17.9 Å². The molecule has 0 saturated heterocycles. The zero-order chi connectivity index (χ0) is 20.1. The Morgan fingerprint density at radius 2 is 1.66 bits per heavy atom. The van der Waals surface area contributed by atoms with E-state index in [-0.39, 0.29) is 0 Å². The molecule has 3 aliphatic rings. The third-order valence-electron chi connectivity index (χ3n) is 6.42. The fraction of sp³-hybridized carbons (Fsp3) is 0.385. The molecule has 1 unspecified atom stereocenters. The lowest BCUT2D eigenvalue weighted by molar-refractivity contribution is 0.692. The molecule has 3 heteroatoms. The first kappa shape index (κ1) is 18.4. The van der Waals surface area contributed by atoms with Crippen molar-refractivity contribution in [3.8, 4) is 11.1 Å². The van der Waals surface area contributed by atoms with Crippen molar-refractivity contribution in [3.63, 3.8) is 0 Å². The molecular weight excluding hydrogens is 354 g/mol. The van der Waals surface area contributed by atoms with Crippen molar-refractivity contribution in [1.82, 2.24) is 5.32 Å². The van der Waals surface area contributed by atoms with Gasteiger partial charge in [-0.3, -0.25) is 9.98 Å². The summed E-state index contributed by atoms with van der Waals surface area (Å²) >= 11 is 0. The molecule has 3 nitrogen and oxygen atoms in total. The number of aliphatic imine (C=N–C) groups is 2. The first-order valence-corrected chi connectivity index (χ1v) is 10.8. The predicted octanol–water partition coefficient (Wildman–Crippen LogP) is 5.80. The molecule has 5 rings (SSSR count). The topological polar surface area (TPSA) is 36.8 Å². The van der Waals surface area contributed by atoms with Gasteiger partial charge in [-0.15, -0.1) is 0 Å².